The molecule has 0 atom stereocenters. The van der Waals surface area contributed by atoms with E-state index in [2.05, 4.69) is 27.1 Å². The largest absolute Gasteiger partial charge is 0.449 e. The summed E-state index contributed by atoms with van der Waals surface area (Å²) in [6.07, 6.45) is 3.65. The van der Waals surface area contributed by atoms with Crippen molar-refractivity contribution in [3.63, 3.8) is 0 Å². The molecule has 5 heteroatoms. The van der Waals surface area contributed by atoms with Crippen LogP contribution in [0.3, 0.4) is 0 Å². The van der Waals surface area contributed by atoms with Gasteiger partial charge in [0.1, 0.15) is 6.26 Å². The number of hydrogen-bond donors (Lipinski definition) is 1. The maximum absolute atomic E-state index is 5.50. The van der Waals surface area contributed by atoms with Crippen LogP contribution >= 0.6 is 0 Å². The van der Waals surface area contributed by atoms with Gasteiger partial charge in [-0.2, -0.15) is 0 Å². The predicted molar refractivity (Wildman–Crippen MR) is 71.8 cm³/mol. The zero-order valence-corrected chi connectivity index (χ0v) is 11.5. The molecule has 1 aliphatic heterocycles. The second kappa shape index (κ2) is 6.87. The number of hydrogen-bond acceptors (Lipinski definition) is 5. The molecule has 0 spiro atoms. The van der Waals surface area contributed by atoms with E-state index in [1.165, 1.54) is 13.1 Å². The van der Waals surface area contributed by atoms with E-state index in [1.807, 2.05) is 7.05 Å². The zero-order valence-electron chi connectivity index (χ0n) is 11.5. The fourth-order valence-corrected chi connectivity index (χ4v) is 2.16. The predicted octanol–water partition coefficient (Wildman–Crippen LogP) is 0.226. The van der Waals surface area contributed by atoms with Crippen LogP contribution in [0.2, 0.25) is 0 Å². The van der Waals surface area contributed by atoms with Crippen LogP contribution in [0.15, 0.2) is 10.7 Å². The van der Waals surface area contributed by atoms with E-state index in [0.29, 0.717) is 0 Å². The van der Waals surface area contributed by atoms with Crippen LogP contribution in [0.4, 0.5) is 0 Å². The van der Waals surface area contributed by atoms with Gasteiger partial charge in [0.2, 0.25) is 0 Å². The summed E-state index contributed by atoms with van der Waals surface area (Å²) >= 11 is 0. The zero-order chi connectivity index (χ0) is 12.8. The fraction of sp³-hybridized carbons (Fsp3) is 0.769. The molecule has 0 bridgehead atoms. The van der Waals surface area contributed by atoms with Crippen LogP contribution in [0.1, 0.15) is 11.6 Å². The molecular weight excluding hydrogens is 228 g/mol. The first-order valence-electron chi connectivity index (χ1n) is 6.76. The molecule has 2 rings (SSSR count). The molecule has 1 fully saturated rings. The van der Waals surface area contributed by atoms with Crippen LogP contribution < -0.4 is 5.32 Å². The minimum Gasteiger partial charge on any atom is -0.449 e. The molecular formula is C13H24N4O. The third kappa shape index (κ3) is 4.08. The maximum atomic E-state index is 5.50. The summed E-state index contributed by atoms with van der Waals surface area (Å²) in [5, 5.41) is 3.12. The molecule has 0 amide bonds. The Morgan fingerprint density at radius 3 is 2.78 bits per heavy atom. The van der Waals surface area contributed by atoms with Gasteiger partial charge in [-0.05, 0) is 14.1 Å². The van der Waals surface area contributed by atoms with Crippen LogP contribution in [-0.4, -0.2) is 68.1 Å². The SMILES string of the molecule is CNCCc1coc(CCN2CCN(C)CC2)n1. The Labute approximate surface area is 109 Å². The molecule has 0 aromatic carbocycles. The van der Waals surface area contributed by atoms with E-state index in [-0.39, 0.29) is 0 Å². The highest BCUT2D eigenvalue weighted by molar-refractivity contribution is 4.97. The maximum Gasteiger partial charge on any atom is 0.195 e. The first kappa shape index (κ1) is 13.5. The first-order chi connectivity index (χ1) is 8.78. The number of aromatic nitrogens is 1. The van der Waals surface area contributed by atoms with Gasteiger partial charge in [0.25, 0.3) is 0 Å². The average molecular weight is 252 g/mol. The Kier molecular flexibility index (Phi) is 5.16. The standard InChI is InChI=1S/C13H24N4O/c1-14-5-3-12-11-18-13(15-12)4-6-17-9-7-16(2)8-10-17/h11,14H,3-10H2,1-2H3. The van der Waals surface area contributed by atoms with Gasteiger partial charge < -0.3 is 19.5 Å². The fourth-order valence-electron chi connectivity index (χ4n) is 2.16. The molecule has 0 saturated carbocycles. The van der Waals surface area contributed by atoms with Crippen molar-refractivity contribution in [1.29, 1.82) is 0 Å². The minimum atomic E-state index is 0.875. The number of nitrogens with one attached hydrogen (secondary N) is 1. The van der Waals surface area contributed by atoms with Crippen molar-refractivity contribution in [1.82, 2.24) is 20.1 Å². The van der Waals surface area contributed by atoms with Crippen molar-refractivity contribution >= 4 is 0 Å². The topological polar surface area (TPSA) is 44.5 Å². The van der Waals surface area contributed by atoms with Crippen molar-refractivity contribution in [2.24, 2.45) is 0 Å². The Bertz CT molecular complexity index is 345. The second-order valence-electron chi connectivity index (χ2n) is 4.98. The van der Waals surface area contributed by atoms with Crippen molar-refractivity contribution < 1.29 is 4.42 Å². The number of oxazole rings is 1. The highest BCUT2D eigenvalue weighted by Gasteiger charge is 2.14. The smallest absolute Gasteiger partial charge is 0.195 e. The Morgan fingerprint density at radius 1 is 1.28 bits per heavy atom. The van der Waals surface area contributed by atoms with E-state index in [9.17, 15) is 0 Å². The molecule has 1 aromatic heterocycles. The minimum absolute atomic E-state index is 0.875. The van der Waals surface area contributed by atoms with Gasteiger partial charge in [-0.25, -0.2) is 4.98 Å². The quantitative estimate of drug-likeness (QED) is 0.785. The molecule has 2 heterocycles. The lowest BCUT2D eigenvalue weighted by Crippen LogP contribution is -2.45. The van der Waals surface area contributed by atoms with Gasteiger partial charge in [0.05, 0.1) is 5.69 Å². The lowest BCUT2D eigenvalue weighted by Gasteiger charge is -2.31. The van der Waals surface area contributed by atoms with Gasteiger partial charge in [0, 0.05) is 52.1 Å². The summed E-state index contributed by atoms with van der Waals surface area (Å²) in [5.41, 5.74) is 1.05. The molecule has 1 aliphatic rings. The molecule has 1 aromatic rings. The molecule has 1 saturated heterocycles. The lowest BCUT2D eigenvalue weighted by atomic mass is 10.3. The van der Waals surface area contributed by atoms with Crippen molar-refractivity contribution in [3.8, 4) is 0 Å². The summed E-state index contributed by atoms with van der Waals surface area (Å²) in [4.78, 5) is 9.36. The van der Waals surface area contributed by atoms with E-state index in [1.54, 1.807) is 6.26 Å². The molecule has 1 N–H and O–H groups in total. The average Bonchev–Trinajstić information content (AvgIpc) is 2.84. The Hall–Kier alpha value is -0.910. The summed E-state index contributed by atoms with van der Waals surface area (Å²) in [6, 6.07) is 0. The van der Waals surface area contributed by atoms with E-state index >= 15 is 0 Å². The van der Waals surface area contributed by atoms with Gasteiger partial charge >= 0.3 is 0 Å². The highest BCUT2D eigenvalue weighted by atomic mass is 16.3. The Balaban J connectivity index is 1.71. The van der Waals surface area contributed by atoms with Gasteiger partial charge in [-0.3, -0.25) is 0 Å². The molecule has 0 radical (unpaired) electrons. The monoisotopic (exact) mass is 252 g/mol. The number of likely N-dealkylation sites (N-methyl/N-ethyl adjacent to an activating group) is 2. The van der Waals surface area contributed by atoms with Crippen molar-refractivity contribution in [3.05, 3.63) is 17.8 Å². The Morgan fingerprint density at radius 2 is 2.06 bits per heavy atom. The normalized spacial score (nSPS) is 18.3. The van der Waals surface area contributed by atoms with Crippen molar-refractivity contribution in [2.45, 2.75) is 12.8 Å². The van der Waals surface area contributed by atoms with Crippen LogP contribution in [0.5, 0.6) is 0 Å². The molecule has 5 nitrogen and oxygen atoms in total. The summed E-state index contributed by atoms with van der Waals surface area (Å²) in [5.74, 6) is 0.875. The van der Waals surface area contributed by atoms with E-state index in [0.717, 1.165) is 50.6 Å². The van der Waals surface area contributed by atoms with Gasteiger partial charge in [-0.1, -0.05) is 0 Å². The number of nitrogens with zero attached hydrogens (tertiary/aromatic N) is 3. The molecule has 102 valence electrons. The summed E-state index contributed by atoms with van der Waals surface area (Å²) < 4.78 is 5.50. The van der Waals surface area contributed by atoms with Gasteiger partial charge in [0.15, 0.2) is 5.89 Å². The third-order valence-corrected chi connectivity index (χ3v) is 3.47. The molecule has 18 heavy (non-hydrogen) atoms. The molecule has 0 aliphatic carbocycles. The van der Waals surface area contributed by atoms with Crippen LogP contribution in [0, 0.1) is 0 Å². The highest BCUT2D eigenvalue weighted by Crippen LogP contribution is 2.06. The molecule has 0 unspecified atom stereocenters. The van der Waals surface area contributed by atoms with Crippen molar-refractivity contribution in [2.75, 3.05) is 53.4 Å². The third-order valence-electron chi connectivity index (χ3n) is 3.47. The van der Waals surface area contributed by atoms with Gasteiger partial charge in [-0.15, -0.1) is 0 Å². The summed E-state index contributed by atoms with van der Waals surface area (Å²) in [6.45, 7) is 6.65. The first-order valence-corrected chi connectivity index (χ1v) is 6.76. The van der Waals surface area contributed by atoms with E-state index < -0.39 is 0 Å². The second-order valence-corrected chi connectivity index (χ2v) is 4.98. The lowest BCUT2D eigenvalue weighted by molar-refractivity contribution is 0.153. The number of piperazine rings is 1. The van der Waals surface area contributed by atoms with Crippen LogP contribution in [-0.2, 0) is 12.8 Å². The van der Waals surface area contributed by atoms with Crippen LogP contribution in [0.25, 0.3) is 0 Å². The summed E-state index contributed by atoms with van der Waals surface area (Å²) in [7, 11) is 4.13. The van der Waals surface area contributed by atoms with E-state index in [4.69, 9.17) is 4.42 Å². The number of rotatable bonds is 6.